The van der Waals surface area contributed by atoms with E-state index >= 15 is 0 Å². The number of hydrogen-bond acceptors (Lipinski definition) is 1. The largest absolute Gasteiger partial charge is 0.330 e. The first-order chi connectivity index (χ1) is 8.20. The summed E-state index contributed by atoms with van der Waals surface area (Å²) in [7, 11) is 0. The van der Waals surface area contributed by atoms with Crippen LogP contribution in [-0.2, 0) is 6.42 Å². The molecular formula is C16H19N. The van der Waals surface area contributed by atoms with Gasteiger partial charge in [-0.2, -0.15) is 0 Å². The Morgan fingerprint density at radius 1 is 1.00 bits per heavy atom. The lowest BCUT2D eigenvalue weighted by atomic mass is 9.96. The van der Waals surface area contributed by atoms with Crippen LogP contribution in [0.15, 0.2) is 42.5 Å². The molecule has 0 aliphatic carbocycles. The molecule has 0 unspecified atom stereocenters. The summed E-state index contributed by atoms with van der Waals surface area (Å²) in [6, 6.07) is 15.2. The molecule has 2 N–H and O–H groups in total. The molecule has 0 heterocycles. The standard InChI is InChI=1S/C16H19N/c1-12-6-7-13(2)16(10-12)15-5-3-4-14(11-15)8-9-17/h3-7,10-11H,8-9,17H2,1-2H3. The minimum atomic E-state index is 0.705. The van der Waals surface area contributed by atoms with Crippen molar-refractivity contribution < 1.29 is 0 Å². The quantitative estimate of drug-likeness (QED) is 0.850. The van der Waals surface area contributed by atoms with Crippen molar-refractivity contribution in [2.24, 2.45) is 5.73 Å². The molecule has 0 atom stereocenters. The molecule has 2 aromatic carbocycles. The van der Waals surface area contributed by atoms with Crippen LogP contribution in [0.25, 0.3) is 11.1 Å². The molecule has 0 saturated carbocycles. The molecule has 0 aliphatic heterocycles. The van der Waals surface area contributed by atoms with E-state index in [1.165, 1.54) is 27.8 Å². The zero-order chi connectivity index (χ0) is 12.3. The van der Waals surface area contributed by atoms with Crippen molar-refractivity contribution in [3.63, 3.8) is 0 Å². The molecule has 2 aromatic rings. The predicted molar refractivity (Wildman–Crippen MR) is 74.1 cm³/mol. The normalized spacial score (nSPS) is 10.5. The molecule has 0 bridgehead atoms. The van der Waals surface area contributed by atoms with E-state index < -0.39 is 0 Å². The van der Waals surface area contributed by atoms with Crippen molar-refractivity contribution >= 4 is 0 Å². The van der Waals surface area contributed by atoms with Crippen molar-refractivity contribution in [1.82, 2.24) is 0 Å². The highest BCUT2D eigenvalue weighted by Gasteiger charge is 2.03. The molecule has 1 nitrogen and oxygen atoms in total. The van der Waals surface area contributed by atoms with Crippen LogP contribution in [0.1, 0.15) is 16.7 Å². The maximum atomic E-state index is 5.60. The number of hydrogen-bond donors (Lipinski definition) is 1. The topological polar surface area (TPSA) is 26.0 Å². The summed E-state index contributed by atoms with van der Waals surface area (Å²) in [5.74, 6) is 0. The Labute approximate surface area is 103 Å². The predicted octanol–water partition coefficient (Wildman–Crippen LogP) is 3.47. The van der Waals surface area contributed by atoms with Crippen LogP contribution < -0.4 is 5.73 Å². The molecule has 0 aliphatic rings. The Kier molecular flexibility index (Phi) is 3.60. The average Bonchev–Trinajstić information content (AvgIpc) is 2.33. The van der Waals surface area contributed by atoms with E-state index in [4.69, 9.17) is 5.73 Å². The second-order valence-electron chi connectivity index (χ2n) is 4.56. The van der Waals surface area contributed by atoms with E-state index in [-0.39, 0.29) is 0 Å². The fourth-order valence-corrected chi connectivity index (χ4v) is 2.11. The Balaban J connectivity index is 2.45. The zero-order valence-corrected chi connectivity index (χ0v) is 10.5. The highest BCUT2D eigenvalue weighted by atomic mass is 14.5. The monoisotopic (exact) mass is 225 g/mol. The Hall–Kier alpha value is -1.60. The lowest BCUT2D eigenvalue weighted by Gasteiger charge is -2.09. The van der Waals surface area contributed by atoms with Crippen molar-refractivity contribution in [2.75, 3.05) is 6.54 Å². The molecule has 0 spiro atoms. The summed E-state index contributed by atoms with van der Waals surface area (Å²) >= 11 is 0. The molecule has 88 valence electrons. The van der Waals surface area contributed by atoms with E-state index in [9.17, 15) is 0 Å². The first-order valence-electron chi connectivity index (χ1n) is 6.07. The van der Waals surface area contributed by atoms with Gasteiger partial charge in [-0.25, -0.2) is 0 Å². The third-order valence-electron chi connectivity index (χ3n) is 3.06. The van der Waals surface area contributed by atoms with Gasteiger partial charge in [-0.15, -0.1) is 0 Å². The Bertz CT molecular complexity index is 515. The van der Waals surface area contributed by atoms with Crippen LogP contribution >= 0.6 is 0 Å². The molecule has 0 saturated heterocycles. The van der Waals surface area contributed by atoms with Crippen LogP contribution in [0.5, 0.6) is 0 Å². The Morgan fingerprint density at radius 2 is 1.82 bits per heavy atom. The highest BCUT2D eigenvalue weighted by Crippen LogP contribution is 2.25. The lowest BCUT2D eigenvalue weighted by molar-refractivity contribution is 0.969. The smallest absolute Gasteiger partial charge is 0.00367 e. The first kappa shape index (κ1) is 11.9. The fraction of sp³-hybridized carbons (Fsp3) is 0.250. The summed E-state index contributed by atoms with van der Waals surface area (Å²) in [5.41, 5.74) is 12.1. The van der Waals surface area contributed by atoms with Crippen molar-refractivity contribution in [3.05, 3.63) is 59.2 Å². The van der Waals surface area contributed by atoms with Crippen molar-refractivity contribution in [1.29, 1.82) is 0 Å². The molecule has 2 rings (SSSR count). The van der Waals surface area contributed by atoms with Crippen molar-refractivity contribution in [3.8, 4) is 11.1 Å². The lowest BCUT2D eigenvalue weighted by Crippen LogP contribution is -2.02. The minimum absolute atomic E-state index is 0.705. The van der Waals surface area contributed by atoms with Crippen molar-refractivity contribution in [2.45, 2.75) is 20.3 Å². The maximum absolute atomic E-state index is 5.60. The number of nitrogens with two attached hydrogens (primary N) is 1. The SMILES string of the molecule is Cc1ccc(C)c(-c2cccc(CCN)c2)c1. The van der Waals surface area contributed by atoms with E-state index in [0.717, 1.165) is 6.42 Å². The second kappa shape index (κ2) is 5.15. The van der Waals surface area contributed by atoms with Gasteiger partial charge in [0.1, 0.15) is 0 Å². The molecule has 0 aromatic heterocycles. The van der Waals surface area contributed by atoms with Gasteiger partial charge in [-0.1, -0.05) is 48.0 Å². The van der Waals surface area contributed by atoms with Crippen LogP contribution in [0.4, 0.5) is 0 Å². The molecule has 0 radical (unpaired) electrons. The fourth-order valence-electron chi connectivity index (χ4n) is 2.11. The van der Waals surface area contributed by atoms with Gasteiger partial charge < -0.3 is 5.73 Å². The van der Waals surface area contributed by atoms with Gasteiger partial charge >= 0.3 is 0 Å². The summed E-state index contributed by atoms with van der Waals surface area (Å²) in [5, 5.41) is 0. The van der Waals surface area contributed by atoms with Gasteiger partial charge in [0.2, 0.25) is 0 Å². The van der Waals surface area contributed by atoms with Crippen LogP contribution in [-0.4, -0.2) is 6.54 Å². The van der Waals surface area contributed by atoms with Crippen LogP contribution in [0.2, 0.25) is 0 Å². The van der Waals surface area contributed by atoms with Gasteiger partial charge in [0, 0.05) is 0 Å². The summed E-state index contributed by atoms with van der Waals surface area (Å²) in [6.45, 7) is 4.99. The number of rotatable bonds is 3. The number of benzene rings is 2. The van der Waals surface area contributed by atoms with E-state index in [2.05, 4.69) is 56.3 Å². The van der Waals surface area contributed by atoms with E-state index in [1.54, 1.807) is 0 Å². The second-order valence-corrected chi connectivity index (χ2v) is 4.56. The van der Waals surface area contributed by atoms with E-state index in [0.29, 0.717) is 6.54 Å². The van der Waals surface area contributed by atoms with Gasteiger partial charge in [0.25, 0.3) is 0 Å². The third-order valence-corrected chi connectivity index (χ3v) is 3.06. The number of aryl methyl sites for hydroxylation is 2. The van der Waals surface area contributed by atoms with Gasteiger partial charge in [-0.05, 0) is 49.1 Å². The molecule has 1 heteroatoms. The Morgan fingerprint density at radius 3 is 2.59 bits per heavy atom. The summed E-state index contributed by atoms with van der Waals surface area (Å²) < 4.78 is 0. The molecule has 17 heavy (non-hydrogen) atoms. The van der Waals surface area contributed by atoms with Crippen LogP contribution in [0.3, 0.4) is 0 Å². The first-order valence-corrected chi connectivity index (χ1v) is 6.07. The molecule has 0 amide bonds. The van der Waals surface area contributed by atoms with Gasteiger partial charge in [0.05, 0.1) is 0 Å². The molecule has 0 fully saturated rings. The maximum Gasteiger partial charge on any atom is -0.00367 e. The molecular weight excluding hydrogens is 206 g/mol. The summed E-state index contributed by atoms with van der Waals surface area (Å²) in [6.07, 6.45) is 0.943. The zero-order valence-electron chi connectivity index (χ0n) is 10.5. The van der Waals surface area contributed by atoms with Crippen LogP contribution in [0, 0.1) is 13.8 Å². The minimum Gasteiger partial charge on any atom is -0.330 e. The van der Waals surface area contributed by atoms with Gasteiger partial charge in [0.15, 0.2) is 0 Å². The third kappa shape index (κ3) is 2.75. The summed E-state index contributed by atoms with van der Waals surface area (Å²) in [4.78, 5) is 0. The van der Waals surface area contributed by atoms with Gasteiger partial charge in [-0.3, -0.25) is 0 Å². The highest BCUT2D eigenvalue weighted by molar-refractivity contribution is 5.68. The average molecular weight is 225 g/mol. The van der Waals surface area contributed by atoms with E-state index in [1.807, 2.05) is 0 Å².